The highest BCUT2D eigenvalue weighted by molar-refractivity contribution is 5.88. The van der Waals surface area contributed by atoms with Gasteiger partial charge in [0.25, 0.3) is 5.91 Å². The van der Waals surface area contributed by atoms with Crippen molar-refractivity contribution in [3.8, 4) is 11.5 Å². The number of carboxylic acids is 1. The minimum atomic E-state index is -1.14. The van der Waals surface area contributed by atoms with Crippen molar-refractivity contribution in [2.45, 2.75) is 24.8 Å². The predicted molar refractivity (Wildman–Crippen MR) is 66.0 cm³/mol. The highest BCUT2D eigenvalue weighted by atomic mass is 16.5. The summed E-state index contributed by atoms with van der Waals surface area (Å²) in [6, 6.07) is 6.27. The molecule has 1 aromatic carbocycles. The Morgan fingerprint density at radius 1 is 1.32 bits per heavy atom. The number of phenols is 1. The fraction of sp³-hybridized carbons (Fsp3) is 0.385. The molecule has 1 aliphatic rings. The smallest absolute Gasteiger partial charge is 0.329 e. The number of hydrogen-bond donors (Lipinski definition) is 3. The molecule has 0 radical (unpaired) electrons. The molecule has 19 heavy (non-hydrogen) atoms. The number of carbonyl (C=O) groups is 2. The van der Waals surface area contributed by atoms with E-state index in [1.807, 2.05) is 0 Å². The summed E-state index contributed by atoms with van der Waals surface area (Å²) in [5.74, 6) is -1.40. The van der Waals surface area contributed by atoms with Gasteiger partial charge in [-0.1, -0.05) is 12.1 Å². The second-order valence-electron chi connectivity index (χ2n) is 4.55. The van der Waals surface area contributed by atoms with E-state index in [-0.39, 0.29) is 18.1 Å². The van der Waals surface area contributed by atoms with Crippen LogP contribution in [0.2, 0.25) is 0 Å². The van der Waals surface area contributed by atoms with Crippen LogP contribution in [0.3, 0.4) is 0 Å². The summed E-state index contributed by atoms with van der Waals surface area (Å²) in [6.45, 7) is -0.327. The van der Waals surface area contributed by atoms with Crippen LogP contribution in [0.1, 0.15) is 19.3 Å². The van der Waals surface area contributed by atoms with Gasteiger partial charge < -0.3 is 20.3 Å². The third kappa shape index (κ3) is 2.78. The van der Waals surface area contributed by atoms with Gasteiger partial charge in [-0.3, -0.25) is 4.79 Å². The first-order valence-corrected chi connectivity index (χ1v) is 5.99. The van der Waals surface area contributed by atoms with Gasteiger partial charge in [0, 0.05) is 0 Å². The molecule has 1 aromatic rings. The molecule has 1 aliphatic carbocycles. The first kappa shape index (κ1) is 13.2. The molecule has 1 saturated carbocycles. The Morgan fingerprint density at radius 3 is 2.53 bits per heavy atom. The van der Waals surface area contributed by atoms with Crippen molar-refractivity contribution in [3.05, 3.63) is 24.3 Å². The molecule has 6 heteroatoms. The summed E-state index contributed by atoms with van der Waals surface area (Å²) in [7, 11) is 0. The zero-order valence-electron chi connectivity index (χ0n) is 10.3. The molecular weight excluding hydrogens is 250 g/mol. The average molecular weight is 265 g/mol. The maximum absolute atomic E-state index is 11.7. The Labute approximate surface area is 110 Å². The van der Waals surface area contributed by atoms with Crippen molar-refractivity contribution in [2.24, 2.45) is 0 Å². The zero-order chi connectivity index (χ0) is 13.9. The lowest BCUT2D eigenvalue weighted by Crippen LogP contribution is -2.59. The summed E-state index contributed by atoms with van der Waals surface area (Å²) in [5.41, 5.74) is -1.14. The van der Waals surface area contributed by atoms with Crippen molar-refractivity contribution in [2.75, 3.05) is 6.61 Å². The van der Waals surface area contributed by atoms with E-state index in [1.165, 1.54) is 12.1 Å². The van der Waals surface area contributed by atoms with Crippen LogP contribution in [0.5, 0.6) is 11.5 Å². The highest BCUT2D eigenvalue weighted by Gasteiger charge is 2.45. The molecule has 1 fully saturated rings. The van der Waals surface area contributed by atoms with E-state index in [2.05, 4.69) is 5.32 Å². The van der Waals surface area contributed by atoms with E-state index in [0.717, 1.165) is 6.42 Å². The maximum atomic E-state index is 11.7. The molecular formula is C13H15NO5. The van der Waals surface area contributed by atoms with Crippen molar-refractivity contribution in [1.82, 2.24) is 5.32 Å². The van der Waals surface area contributed by atoms with Crippen LogP contribution >= 0.6 is 0 Å². The molecule has 1 amide bonds. The van der Waals surface area contributed by atoms with Crippen molar-refractivity contribution >= 4 is 11.9 Å². The number of rotatable bonds is 5. The number of aromatic hydroxyl groups is 1. The summed E-state index contributed by atoms with van der Waals surface area (Å²) in [4.78, 5) is 22.7. The summed E-state index contributed by atoms with van der Waals surface area (Å²) >= 11 is 0. The van der Waals surface area contributed by atoms with Crippen LogP contribution in [-0.2, 0) is 9.59 Å². The van der Waals surface area contributed by atoms with Crippen molar-refractivity contribution < 1.29 is 24.5 Å². The lowest BCUT2D eigenvalue weighted by atomic mass is 9.77. The number of carboxylic acid groups (broad SMARTS) is 1. The number of para-hydroxylation sites is 2. The number of hydrogen-bond acceptors (Lipinski definition) is 4. The van der Waals surface area contributed by atoms with Gasteiger partial charge in [-0.25, -0.2) is 4.79 Å². The molecule has 0 aliphatic heterocycles. The topological polar surface area (TPSA) is 95.9 Å². The Morgan fingerprint density at radius 2 is 2.00 bits per heavy atom. The van der Waals surface area contributed by atoms with Gasteiger partial charge in [0.15, 0.2) is 18.1 Å². The number of ether oxygens (including phenoxy) is 1. The summed E-state index contributed by atoms with van der Waals surface area (Å²) in [5, 5.41) is 21.0. The number of phenolic OH excluding ortho intramolecular Hbond substituents is 1. The predicted octanol–water partition coefficient (Wildman–Crippen LogP) is 0.894. The number of amides is 1. The highest BCUT2D eigenvalue weighted by Crippen LogP contribution is 2.32. The molecule has 0 atom stereocenters. The van der Waals surface area contributed by atoms with Gasteiger partial charge in [-0.2, -0.15) is 0 Å². The first-order chi connectivity index (χ1) is 9.03. The van der Waals surface area contributed by atoms with Crippen LogP contribution < -0.4 is 10.1 Å². The number of aliphatic carboxylic acids is 1. The minimum absolute atomic E-state index is 0.0631. The maximum Gasteiger partial charge on any atom is 0.329 e. The van der Waals surface area contributed by atoms with E-state index in [4.69, 9.17) is 9.84 Å². The van der Waals surface area contributed by atoms with Crippen molar-refractivity contribution in [1.29, 1.82) is 0 Å². The molecule has 3 N–H and O–H groups in total. The van der Waals surface area contributed by atoms with Crippen LogP contribution in [0.25, 0.3) is 0 Å². The molecule has 0 saturated heterocycles. The molecule has 6 nitrogen and oxygen atoms in total. The van der Waals surface area contributed by atoms with E-state index < -0.39 is 17.4 Å². The zero-order valence-corrected chi connectivity index (χ0v) is 10.3. The normalized spacial score (nSPS) is 16.2. The van der Waals surface area contributed by atoms with Gasteiger partial charge in [-0.15, -0.1) is 0 Å². The average Bonchev–Trinajstić information content (AvgIpc) is 2.32. The number of nitrogens with one attached hydrogen (secondary N) is 1. The van der Waals surface area contributed by atoms with E-state index in [0.29, 0.717) is 12.8 Å². The van der Waals surface area contributed by atoms with Gasteiger partial charge >= 0.3 is 5.97 Å². The van der Waals surface area contributed by atoms with E-state index >= 15 is 0 Å². The molecule has 0 unspecified atom stereocenters. The van der Waals surface area contributed by atoms with Crippen LogP contribution in [0.4, 0.5) is 0 Å². The van der Waals surface area contributed by atoms with E-state index in [1.54, 1.807) is 12.1 Å². The molecule has 0 bridgehead atoms. The Balaban J connectivity index is 1.89. The van der Waals surface area contributed by atoms with Gasteiger partial charge in [-0.05, 0) is 31.4 Å². The fourth-order valence-corrected chi connectivity index (χ4v) is 1.95. The monoisotopic (exact) mass is 265 g/mol. The molecule has 0 heterocycles. The third-order valence-electron chi connectivity index (χ3n) is 3.22. The SMILES string of the molecule is O=C(COc1ccccc1O)NC1(C(=O)O)CCC1. The van der Waals surface area contributed by atoms with Crippen molar-refractivity contribution in [3.63, 3.8) is 0 Å². The molecule has 0 spiro atoms. The lowest BCUT2D eigenvalue weighted by molar-refractivity contribution is -0.152. The quantitative estimate of drug-likeness (QED) is 0.735. The third-order valence-corrected chi connectivity index (χ3v) is 3.22. The van der Waals surface area contributed by atoms with Gasteiger partial charge in [0.2, 0.25) is 0 Å². The van der Waals surface area contributed by atoms with E-state index in [9.17, 15) is 14.7 Å². The van der Waals surface area contributed by atoms with Gasteiger partial charge in [0.05, 0.1) is 0 Å². The largest absolute Gasteiger partial charge is 0.504 e. The minimum Gasteiger partial charge on any atom is -0.504 e. The fourth-order valence-electron chi connectivity index (χ4n) is 1.95. The van der Waals surface area contributed by atoms with Crippen LogP contribution in [0, 0.1) is 0 Å². The number of carbonyl (C=O) groups excluding carboxylic acids is 1. The molecule has 2 rings (SSSR count). The first-order valence-electron chi connectivity index (χ1n) is 5.99. The van der Waals surface area contributed by atoms with Gasteiger partial charge in [0.1, 0.15) is 5.54 Å². The standard InChI is InChI=1S/C13H15NO5/c15-9-4-1-2-5-10(9)19-8-11(16)14-13(12(17)18)6-3-7-13/h1-2,4-5,15H,3,6-8H2,(H,14,16)(H,17,18). The van der Waals surface area contributed by atoms with Crippen LogP contribution in [0.15, 0.2) is 24.3 Å². The molecule has 0 aromatic heterocycles. The second-order valence-corrected chi connectivity index (χ2v) is 4.55. The summed E-state index contributed by atoms with van der Waals surface area (Å²) in [6.07, 6.45) is 1.65. The Hall–Kier alpha value is -2.24. The lowest BCUT2D eigenvalue weighted by Gasteiger charge is -2.38. The summed E-state index contributed by atoms with van der Waals surface area (Å²) < 4.78 is 5.14. The second kappa shape index (κ2) is 5.17. The van der Waals surface area contributed by atoms with Crippen LogP contribution in [-0.4, -0.2) is 34.2 Å². The molecule has 102 valence electrons. The number of benzene rings is 1. The Kier molecular flexibility index (Phi) is 3.59. The Bertz CT molecular complexity index is 496.